The third-order valence-electron chi connectivity index (χ3n) is 4.49. The molecule has 27 heavy (non-hydrogen) atoms. The van der Waals surface area contributed by atoms with Crippen molar-refractivity contribution in [3.05, 3.63) is 59.7 Å². The lowest BCUT2D eigenvalue weighted by molar-refractivity contribution is 0.135. The van der Waals surface area contributed by atoms with Crippen LogP contribution in [0.1, 0.15) is 24.7 Å². The van der Waals surface area contributed by atoms with Crippen LogP contribution in [0, 0.1) is 0 Å². The Bertz CT molecular complexity index is 906. The zero-order chi connectivity index (χ0) is 18.6. The van der Waals surface area contributed by atoms with Gasteiger partial charge in [0, 0.05) is 35.8 Å². The van der Waals surface area contributed by atoms with Gasteiger partial charge in [0.1, 0.15) is 0 Å². The summed E-state index contributed by atoms with van der Waals surface area (Å²) in [6, 6.07) is 10.7. The van der Waals surface area contributed by atoms with Crippen molar-refractivity contribution in [2.75, 3.05) is 13.1 Å². The minimum Gasteiger partial charge on any atom is -0.409 e. The molecule has 0 unspecified atom stereocenters. The number of ether oxygens (including phenoxy) is 1. The Morgan fingerprint density at radius 2 is 1.96 bits per heavy atom. The number of carbonyl (C=O) groups is 1. The van der Waals surface area contributed by atoms with Gasteiger partial charge in [0.2, 0.25) is 11.7 Å². The molecule has 1 aliphatic heterocycles. The number of amides is 1. The smallest absolute Gasteiger partial charge is 0.409 e. The first-order valence-corrected chi connectivity index (χ1v) is 9.03. The summed E-state index contributed by atoms with van der Waals surface area (Å²) >= 11 is 5.91. The topological polar surface area (TPSA) is 81.4 Å². The van der Waals surface area contributed by atoms with Crippen LogP contribution < -0.4 is 4.74 Å². The zero-order valence-electron chi connectivity index (χ0n) is 14.4. The quantitative estimate of drug-likeness (QED) is 0.674. The van der Waals surface area contributed by atoms with Gasteiger partial charge in [0.15, 0.2) is 5.75 Å². The molecule has 0 spiro atoms. The summed E-state index contributed by atoms with van der Waals surface area (Å²) in [5.41, 5.74) is 0.854. The maximum Gasteiger partial charge on any atom is 0.415 e. The van der Waals surface area contributed by atoms with E-state index in [1.165, 1.54) is 6.20 Å². The van der Waals surface area contributed by atoms with Crippen molar-refractivity contribution < 1.29 is 14.1 Å². The second kappa shape index (κ2) is 7.75. The fourth-order valence-electron chi connectivity index (χ4n) is 3.00. The molecule has 1 aromatic carbocycles. The molecule has 0 bridgehead atoms. The minimum atomic E-state index is -0.367. The van der Waals surface area contributed by atoms with Crippen LogP contribution in [0.25, 0.3) is 11.4 Å². The summed E-state index contributed by atoms with van der Waals surface area (Å²) in [6.07, 6.45) is 4.26. The fraction of sp³-hybridized carbons (Fsp3) is 0.263. The molecule has 1 saturated heterocycles. The number of pyridine rings is 1. The van der Waals surface area contributed by atoms with Gasteiger partial charge in [-0.2, -0.15) is 4.98 Å². The number of halogens is 1. The fourth-order valence-corrected chi connectivity index (χ4v) is 3.13. The van der Waals surface area contributed by atoms with Gasteiger partial charge in [-0.15, -0.1) is 0 Å². The SMILES string of the molecule is O=C(Oc1cccnc1)N1CCC(c2nc(-c3ccc(Cl)cc3)no2)CC1. The number of hydrogen-bond acceptors (Lipinski definition) is 6. The third-order valence-corrected chi connectivity index (χ3v) is 4.74. The van der Waals surface area contributed by atoms with Crippen LogP contribution in [0.4, 0.5) is 4.79 Å². The molecule has 1 fully saturated rings. The first kappa shape index (κ1) is 17.5. The average molecular weight is 385 g/mol. The normalized spacial score (nSPS) is 14.9. The Hall–Kier alpha value is -2.93. The lowest BCUT2D eigenvalue weighted by Crippen LogP contribution is -2.39. The summed E-state index contributed by atoms with van der Waals surface area (Å²) in [6.45, 7) is 1.14. The predicted molar refractivity (Wildman–Crippen MR) is 98.6 cm³/mol. The van der Waals surface area contributed by atoms with Crippen LogP contribution in [0.2, 0.25) is 5.02 Å². The van der Waals surface area contributed by atoms with Gasteiger partial charge in [-0.3, -0.25) is 4.98 Å². The van der Waals surface area contributed by atoms with Gasteiger partial charge < -0.3 is 14.2 Å². The molecular weight excluding hydrogens is 368 g/mol. The summed E-state index contributed by atoms with van der Waals surface area (Å²) in [7, 11) is 0. The first-order chi connectivity index (χ1) is 13.2. The van der Waals surface area contributed by atoms with Gasteiger partial charge in [0.25, 0.3) is 0 Å². The molecule has 3 aromatic rings. The molecule has 2 aromatic heterocycles. The van der Waals surface area contributed by atoms with E-state index in [1.54, 1.807) is 35.4 Å². The molecule has 4 rings (SSSR count). The van der Waals surface area contributed by atoms with Crippen LogP contribution >= 0.6 is 11.6 Å². The zero-order valence-corrected chi connectivity index (χ0v) is 15.2. The lowest BCUT2D eigenvalue weighted by Gasteiger charge is -2.29. The van der Waals surface area contributed by atoms with E-state index in [-0.39, 0.29) is 12.0 Å². The largest absolute Gasteiger partial charge is 0.415 e. The molecule has 8 heteroatoms. The Kier molecular flexibility index (Phi) is 5.02. The van der Waals surface area contributed by atoms with Crippen molar-refractivity contribution in [1.29, 1.82) is 0 Å². The second-order valence-electron chi connectivity index (χ2n) is 6.28. The molecule has 0 saturated carbocycles. The monoisotopic (exact) mass is 384 g/mol. The number of benzene rings is 1. The highest BCUT2D eigenvalue weighted by atomic mass is 35.5. The average Bonchev–Trinajstić information content (AvgIpc) is 3.20. The van der Waals surface area contributed by atoms with Gasteiger partial charge in [-0.1, -0.05) is 16.8 Å². The van der Waals surface area contributed by atoms with Crippen LogP contribution in [0.3, 0.4) is 0 Å². The number of piperidine rings is 1. The Morgan fingerprint density at radius 3 is 2.67 bits per heavy atom. The molecule has 1 aliphatic rings. The molecule has 138 valence electrons. The Labute approximate surface area is 160 Å². The maximum absolute atomic E-state index is 12.2. The van der Waals surface area contributed by atoms with E-state index in [2.05, 4.69) is 15.1 Å². The Balaban J connectivity index is 1.35. The number of aromatic nitrogens is 3. The van der Waals surface area contributed by atoms with Crippen molar-refractivity contribution in [3.8, 4) is 17.1 Å². The van der Waals surface area contributed by atoms with Crippen molar-refractivity contribution in [2.45, 2.75) is 18.8 Å². The lowest BCUT2D eigenvalue weighted by atomic mass is 9.97. The molecule has 0 radical (unpaired) electrons. The summed E-state index contributed by atoms with van der Waals surface area (Å²) in [5, 5.41) is 4.72. The highest BCUT2D eigenvalue weighted by Gasteiger charge is 2.28. The van der Waals surface area contributed by atoms with E-state index < -0.39 is 0 Å². The van der Waals surface area contributed by atoms with Crippen LogP contribution in [0.5, 0.6) is 5.75 Å². The van der Waals surface area contributed by atoms with E-state index in [0.29, 0.717) is 35.6 Å². The van der Waals surface area contributed by atoms with Crippen molar-refractivity contribution in [1.82, 2.24) is 20.0 Å². The number of likely N-dealkylation sites (tertiary alicyclic amines) is 1. The molecule has 0 N–H and O–H groups in total. The van der Waals surface area contributed by atoms with Crippen LogP contribution in [0.15, 0.2) is 53.3 Å². The van der Waals surface area contributed by atoms with E-state index >= 15 is 0 Å². The van der Waals surface area contributed by atoms with Gasteiger partial charge in [-0.05, 0) is 49.2 Å². The van der Waals surface area contributed by atoms with E-state index in [9.17, 15) is 4.79 Å². The molecule has 7 nitrogen and oxygen atoms in total. The first-order valence-electron chi connectivity index (χ1n) is 8.65. The van der Waals surface area contributed by atoms with E-state index in [1.807, 2.05) is 12.1 Å². The molecule has 0 aliphatic carbocycles. The summed E-state index contributed by atoms with van der Waals surface area (Å²) < 4.78 is 10.8. The predicted octanol–water partition coefficient (Wildman–Crippen LogP) is 4.16. The third kappa shape index (κ3) is 4.09. The van der Waals surface area contributed by atoms with E-state index in [0.717, 1.165) is 18.4 Å². The van der Waals surface area contributed by atoms with Crippen molar-refractivity contribution in [3.63, 3.8) is 0 Å². The van der Waals surface area contributed by atoms with Crippen LogP contribution in [-0.2, 0) is 0 Å². The van der Waals surface area contributed by atoms with Crippen molar-refractivity contribution >= 4 is 17.7 Å². The number of hydrogen-bond donors (Lipinski definition) is 0. The molecule has 1 amide bonds. The summed E-state index contributed by atoms with van der Waals surface area (Å²) in [5.74, 6) is 1.70. The maximum atomic E-state index is 12.2. The number of rotatable bonds is 3. The van der Waals surface area contributed by atoms with Gasteiger partial charge >= 0.3 is 6.09 Å². The summed E-state index contributed by atoms with van der Waals surface area (Å²) in [4.78, 5) is 22.4. The highest BCUT2D eigenvalue weighted by Crippen LogP contribution is 2.29. The molecule has 0 atom stereocenters. The van der Waals surface area contributed by atoms with Gasteiger partial charge in [0.05, 0.1) is 6.20 Å². The van der Waals surface area contributed by atoms with E-state index in [4.69, 9.17) is 20.9 Å². The highest BCUT2D eigenvalue weighted by molar-refractivity contribution is 6.30. The minimum absolute atomic E-state index is 0.126. The van der Waals surface area contributed by atoms with Crippen molar-refractivity contribution in [2.24, 2.45) is 0 Å². The Morgan fingerprint density at radius 1 is 1.19 bits per heavy atom. The second-order valence-corrected chi connectivity index (χ2v) is 6.72. The number of nitrogens with zero attached hydrogens (tertiary/aromatic N) is 4. The molecule has 3 heterocycles. The standard InChI is InChI=1S/C19H17ClN4O3/c20-15-5-3-13(4-6-15)17-22-18(27-23-17)14-7-10-24(11-8-14)19(25)26-16-2-1-9-21-12-16/h1-6,9,12,14H,7-8,10-11H2. The number of carbonyl (C=O) groups excluding carboxylic acids is 1. The van der Waals surface area contributed by atoms with Crippen LogP contribution in [-0.4, -0.2) is 39.2 Å². The van der Waals surface area contributed by atoms with Gasteiger partial charge in [-0.25, -0.2) is 4.79 Å². The molecular formula is C19H17ClN4O3.